The summed E-state index contributed by atoms with van der Waals surface area (Å²) >= 11 is 0. The average Bonchev–Trinajstić information content (AvgIpc) is 3.48. The van der Waals surface area contributed by atoms with Crippen LogP contribution in [0.3, 0.4) is 0 Å². The number of nitriles is 1. The van der Waals surface area contributed by atoms with Crippen LogP contribution in [0.15, 0.2) is 79.0 Å². The summed E-state index contributed by atoms with van der Waals surface area (Å²) in [7, 11) is 0. The molecule has 1 aromatic heterocycles. The molecule has 1 N–H and O–H groups in total. The van der Waals surface area contributed by atoms with Crippen LogP contribution < -0.4 is 5.32 Å². The van der Waals surface area contributed by atoms with Gasteiger partial charge in [0.1, 0.15) is 0 Å². The monoisotopic (exact) mass is 349 g/mol. The van der Waals surface area contributed by atoms with Crippen LogP contribution in [0.5, 0.6) is 0 Å². The summed E-state index contributed by atoms with van der Waals surface area (Å²) in [6.45, 7) is 0. The minimum Gasteiger partial charge on any atom is -0.356 e. The first kappa shape index (κ1) is 15.7. The maximum Gasteiger partial charge on any atom is 0.0991 e. The van der Waals surface area contributed by atoms with Gasteiger partial charge in [-0.25, -0.2) is 0 Å². The van der Waals surface area contributed by atoms with Gasteiger partial charge in [-0.1, -0.05) is 12.1 Å². The van der Waals surface area contributed by atoms with Crippen molar-refractivity contribution >= 4 is 22.3 Å². The van der Waals surface area contributed by atoms with Gasteiger partial charge in [0.25, 0.3) is 0 Å². The maximum absolute atomic E-state index is 8.96. The maximum atomic E-state index is 8.96. The van der Waals surface area contributed by atoms with Crippen LogP contribution in [0.1, 0.15) is 29.9 Å². The number of rotatable bonds is 4. The molecule has 1 saturated carbocycles. The molecule has 3 heteroatoms. The molecule has 5 rings (SSSR count). The van der Waals surface area contributed by atoms with E-state index in [9.17, 15) is 0 Å². The molecule has 27 heavy (non-hydrogen) atoms. The number of anilines is 2. The van der Waals surface area contributed by atoms with Gasteiger partial charge in [-0.15, -0.1) is 0 Å². The van der Waals surface area contributed by atoms with Gasteiger partial charge in [0, 0.05) is 28.6 Å². The quantitative estimate of drug-likeness (QED) is 0.482. The second-order valence-electron chi connectivity index (χ2n) is 7.14. The van der Waals surface area contributed by atoms with Crippen molar-refractivity contribution in [3.05, 3.63) is 90.1 Å². The molecule has 1 heterocycles. The molecule has 0 unspecified atom stereocenters. The zero-order valence-electron chi connectivity index (χ0n) is 14.9. The first-order valence-corrected chi connectivity index (χ1v) is 9.29. The minimum atomic E-state index is 0.675. The lowest BCUT2D eigenvalue weighted by atomic mass is 10.1. The van der Waals surface area contributed by atoms with E-state index in [0.717, 1.165) is 28.5 Å². The van der Waals surface area contributed by atoms with E-state index < -0.39 is 0 Å². The molecular formula is C24H19N3. The Labute approximate surface area is 158 Å². The van der Waals surface area contributed by atoms with Crippen molar-refractivity contribution in [3.8, 4) is 11.8 Å². The Bertz CT molecular complexity index is 1140. The lowest BCUT2D eigenvalue weighted by Crippen LogP contribution is -1.93. The first-order chi connectivity index (χ1) is 13.3. The predicted octanol–water partition coefficient (Wildman–Crippen LogP) is 6.12. The molecule has 4 aromatic rings. The summed E-state index contributed by atoms with van der Waals surface area (Å²) < 4.78 is 2.14. The topological polar surface area (TPSA) is 40.8 Å². The lowest BCUT2D eigenvalue weighted by molar-refractivity contribution is 1.13. The molecule has 0 saturated heterocycles. The van der Waals surface area contributed by atoms with E-state index in [-0.39, 0.29) is 0 Å². The zero-order chi connectivity index (χ0) is 18.2. The fourth-order valence-electron chi connectivity index (χ4n) is 3.56. The lowest BCUT2D eigenvalue weighted by Gasteiger charge is -2.09. The van der Waals surface area contributed by atoms with E-state index in [1.54, 1.807) is 0 Å². The molecule has 3 nitrogen and oxygen atoms in total. The van der Waals surface area contributed by atoms with Gasteiger partial charge in [0.15, 0.2) is 0 Å². The van der Waals surface area contributed by atoms with Gasteiger partial charge >= 0.3 is 0 Å². The second-order valence-corrected chi connectivity index (χ2v) is 7.14. The highest BCUT2D eigenvalue weighted by Gasteiger charge is 2.22. The molecule has 1 fully saturated rings. The van der Waals surface area contributed by atoms with Gasteiger partial charge in [-0.05, 0) is 85.0 Å². The Morgan fingerprint density at radius 1 is 0.852 bits per heavy atom. The van der Waals surface area contributed by atoms with E-state index in [0.29, 0.717) is 5.56 Å². The van der Waals surface area contributed by atoms with Crippen LogP contribution in [-0.4, -0.2) is 4.57 Å². The van der Waals surface area contributed by atoms with Crippen LogP contribution in [-0.2, 0) is 0 Å². The number of aromatic nitrogens is 1. The number of benzene rings is 3. The van der Waals surface area contributed by atoms with Crippen LogP contribution in [0, 0.1) is 11.3 Å². The van der Waals surface area contributed by atoms with E-state index in [4.69, 9.17) is 5.26 Å². The molecule has 0 aliphatic heterocycles. The van der Waals surface area contributed by atoms with Crippen molar-refractivity contribution in [2.24, 2.45) is 0 Å². The number of fused-ring (bicyclic) bond motifs is 1. The van der Waals surface area contributed by atoms with Gasteiger partial charge in [-0.2, -0.15) is 5.26 Å². The summed E-state index contributed by atoms with van der Waals surface area (Å²) in [5.74, 6) is 0.789. The third kappa shape index (κ3) is 3.07. The molecule has 0 radical (unpaired) electrons. The fourth-order valence-corrected chi connectivity index (χ4v) is 3.56. The molecule has 0 bridgehead atoms. The molecular weight excluding hydrogens is 330 g/mol. The van der Waals surface area contributed by atoms with Crippen molar-refractivity contribution in [1.29, 1.82) is 5.26 Å². The van der Waals surface area contributed by atoms with Crippen LogP contribution in [0.4, 0.5) is 11.4 Å². The number of hydrogen-bond donors (Lipinski definition) is 1. The van der Waals surface area contributed by atoms with E-state index in [2.05, 4.69) is 70.7 Å². The van der Waals surface area contributed by atoms with E-state index >= 15 is 0 Å². The predicted molar refractivity (Wildman–Crippen MR) is 110 cm³/mol. The van der Waals surface area contributed by atoms with Crippen LogP contribution >= 0.6 is 0 Å². The zero-order valence-corrected chi connectivity index (χ0v) is 14.9. The summed E-state index contributed by atoms with van der Waals surface area (Å²) in [6.07, 6.45) is 4.74. The molecule has 0 amide bonds. The fraction of sp³-hybridized carbons (Fsp3) is 0.125. The van der Waals surface area contributed by atoms with Gasteiger partial charge < -0.3 is 9.88 Å². The Morgan fingerprint density at radius 3 is 2.30 bits per heavy atom. The van der Waals surface area contributed by atoms with Gasteiger partial charge in [0.05, 0.1) is 17.1 Å². The minimum absolute atomic E-state index is 0.675. The normalized spacial score (nSPS) is 13.4. The van der Waals surface area contributed by atoms with Crippen molar-refractivity contribution in [2.45, 2.75) is 18.8 Å². The van der Waals surface area contributed by atoms with Crippen LogP contribution in [0.25, 0.3) is 16.6 Å². The summed E-state index contributed by atoms with van der Waals surface area (Å²) in [6, 6.07) is 27.2. The Hall–Kier alpha value is -3.51. The summed E-state index contributed by atoms with van der Waals surface area (Å²) in [5, 5.41) is 13.6. The number of nitrogens with zero attached hydrogens (tertiary/aromatic N) is 2. The number of hydrogen-bond acceptors (Lipinski definition) is 2. The summed E-state index contributed by atoms with van der Waals surface area (Å²) in [4.78, 5) is 0. The standard InChI is InChI=1S/C24H19N3/c25-16-17-1-10-23(11-2-17)27-14-13-20-15-22(9-12-24(20)27)26-21-7-5-19(6-8-21)18-3-4-18/h1-2,5-15,18,26H,3-4H2. The third-order valence-electron chi connectivity index (χ3n) is 5.21. The molecule has 0 atom stereocenters. The van der Waals surface area contributed by atoms with Crippen molar-refractivity contribution < 1.29 is 0 Å². The Morgan fingerprint density at radius 2 is 1.59 bits per heavy atom. The average molecular weight is 349 g/mol. The Balaban J connectivity index is 1.41. The second kappa shape index (κ2) is 6.34. The van der Waals surface area contributed by atoms with E-state index in [1.807, 2.05) is 24.3 Å². The highest BCUT2D eigenvalue weighted by Crippen LogP contribution is 2.40. The van der Waals surface area contributed by atoms with Crippen molar-refractivity contribution in [3.63, 3.8) is 0 Å². The molecule has 130 valence electrons. The van der Waals surface area contributed by atoms with Crippen molar-refractivity contribution in [1.82, 2.24) is 4.57 Å². The highest BCUT2D eigenvalue weighted by atomic mass is 15.0. The van der Waals surface area contributed by atoms with Crippen molar-refractivity contribution in [2.75, 3.05) is 5.32 Å². The third-order valence-corrected chi connectivity index (χ3v) is 5.21. The van der Waals surface area contributed by atoms with E-state index in [1.165, 1.54) is 23.8 Å². The highest BCUT2D eigenvalue weighted by molar-refractivity contribution is 5.86. The Kier molecular flexibility index (Phi) is 3.69. The molecule has 3 aromatic carbocycles. The smallest absolute Gasteiger partial charge is 0.0991 e. The largest absolute Gasteiger partial charge is 0.356 e. The summed E-state index contributed by atoms with van der Waals surface area (Å²) in [5.41, 5.74) is 6.53. The number of nitrogens with one attached hydrogen (secondary N) is 1. The SMILES string of the molecule is N#Cc1ccc(-n2ccc3cc(Nc4ccc(C5CC5)cc4)ccc32)cc1. The first-order valence-electron chi connectivity index (χ1n) is 9.29. The van der Waals surface area contributed by atoms with Gasteiger partial charge in [0.2, 0.25) is 0 Å². The van der Waals surface area contributed by atoms with Crippen LogP contribution in [0.2, 0.25) is 0 Å². The molecule has 1 aliphatic rings. The van der Waals surface area contributed by atoms with Gasteiger partial charge in [-0.3, -0.25) is 0 Å². The molecule has 0 spiro atoms. The molecule has 1 aliphatic carbocycles.